The number of benzene rings is 1. The van der Waals surface area contributed by atoms with Gasteiger partial charge in [-0.15, -0.1) is 0 Å². The maximum Gasteiger partial charge on any atom is 0.232 e. The number of hydrogen-bond donors (Lipinski definition) is 1. The van der Waals surface area contributed by atoms with Crippen molar-refractivity contribution in [3.8, 4) is 11.3 Å². The van der Waals surface area contributed by atoms with Crippen molar-refractivity contribution in [2.24, 2.45) is 0 Å². The third kappa shape index (κ3) is 2.88. The number of nitrogens with one attached hydrogen (secondary N) is 1. The molecule has 22 heavy (non-hydrogen) atoms. The largest absolute Gasteiger partial charge is 0.356 e. The lowest BCUT2D eigenvalue weighted by Gasteiger charge is -2.11. The minimum absolute atomic E-state index is 0.0666. The molecule has 1 aromatic carbocycles. The summed E-state index contributed by atoms with van der Waals surface area (Å²) < 4.78 is 5.42. The van der Waals surface area contributed by atoms with Crippen LogP contribution in [0.15, 0.2) is 34.9 Å². The number of nitrogens with zero attached hydrogens (tertiary/aromatic N) is 1. The zero-order chi connectivity index (χ0) is 15.6. The van der Waals surface area contributed by atoms with Crippen LogP contribution in [-0.4, -0.2) is 17.6 Å². The van der Waals surface area contributed by atoms with Gasteiger partial charge >= 0.3 is 0 Å². The van der Waals surface area contributed by atoms with Crippen molar-refractivity contribution in [2.75, 3.05) is 6.54 Å². The van der Waals surface area contributed by atoms with Crippen molar-refractivity contribution in [1.82, 2.24) is 10.5 Å². The molecular weight excluding hydrogens is 300 g/mol. The summed E-state index contributed by atoms with van der Waals surface area (Å²) in [6.45, 7) is 2.83. The Morgan fingerprint density at radius 3 is 2.73 bits per heavy atom. The van der Waals surface area contributed by atoms with Gasteiger partial charge in [0.05, 0.1) is 11.1 Å². The monoisotopic (exact) mass is 318 g/mol. The summed E-state index contributed by atoms with van der Waals surface area (Å²) in [6, 6.07) is 9.25. The molecule has 0 spiro atoms. The molecule has 0 bridgehead atoms. The smallest absolute Gasteiger partial charge is 0.232 e. The number of carbonyl (C=O) groups excluding carboxylic acids is 1. The van der Waals surface area contributed by atoms with Crippen molar-refractivity contribution < 1.29 is 9.32 Å². The van der Waals surface area contributed by atoms with Gasteiger partial charge in [-0.25, -0.2) is 0 Å². The number of hydrogen-bond acceptors (Lipinski definition) is 3. The van der Waals surface area contributed by atoms with Crippen LogP contribution < -0.4 is 5.32 Å². The maximum atomic E-state index is 12.4. The summed E-state index contributed by atoms with van der Waals surface area (Å²) in [7, 11) is 0. The molecule has 1 aliphatic rings. The highest BCUT2D eigenvalue weighted by Crippen LogP contribution is 2.48. The van der Waals surface area contributed by atoms with Crippen molar-refractivity contribution in [3.05, 3.63) is 41.0 Å². The number of rotatable bonds is 6. The van der Waals surface area contributed by atoms with E-state index in [-0.39, 0.29) is 5.91 Å². The van der Waals surface area contributed by atoms with E-state index in [9.17, 15) is 4.79 Å². The fourth-order valence-electron chi connectivity index (χ4n) is 2.52. The van der Waals surface area contributed by atoms with Gasteiger partial charge in [0.15, 0.2) is 5.76 Å². The highest BCUT2D eigenvalue weighted by Gasteiger charge is 2.53. The van der Waals surface area contributed by atoms with Crippen LogP contribution in [0.25, 0.3) is 11.3 Å². The highest BCUT2D eigenvalue weighted by molar-refractivity contribution is 6.30. The molecule has 2 aromatic rings. The van der Waals surface area contributed by atoms with Gasteiger partial charge in [-0.05, 0) is 43.5 Å². The van der Waals surface area contributed by atoms with Crippen LogP contribution in [0.4, 0.5) is 0 Å². The molecule has 1 heterocycles. The topological polar surface area (TPSA) is 55.1 Å². The standard InChI is InChI=1S/C17H19ClN2O2/c1-2-3-10-19-16(21)17(8-9-17)15-11-14(22-20-15)12-4-6-13(18)7-5-12/h4-7,11H,2-3,8-10H2,1H3,(H,19,21). The number of aromatic nitrogens is 1. The van der Waals surface area contributed by atoms with Crippen LogP contribution in [0.1, 0.15) is 38.3 Å². The number of amides is 1. The Balaban J connectivity index is 1.75. The molecule has 1 saturated carbocycles. The molecule has 5 heteroatoms. The van der Waals surface area contributed by atoms with E-state index in [2.05, 4.69) is 17.4 Å². The van der Waals surface area contributed by atoms with Gasteiger partial charge in [-0.1, -0.05) is 30.1 Å². The van der Waals surface area contributed by atoms with Crippen LogP contribution >= 0.6 is 11.6 Å². The molecule has 1 fully saturated rings. The summed E-state index contributed by atoms with van der Waals surface area (Å²) in [6.07, 6.45) is 3.73. The summed E-state index contributed by atoms with van der Waals surface area (Å²) >= 11 is 5.89. The van der Waals surface area contributed by atoms with Gasteiger partial charge in [0, 0.05) is 23.2 Å². The lowest BCUT2D eigenvalue weighted by molar-refractivity contribution is -0.123. The maximum absolute atomic E-state index is 12.4. The number of carbonyl (C=O) groups is 1. The molecule has 0 aliphatic heterocycles. The first-order valence-corrected chi connectivity index (χ1v) is 8.05. The van der Waals surface area contributed by atoms with Gasteiger partial charge in [-0.3, -0.25) is 4.79 Å². The van der Waals surface area contributed by atoms with Gasteiger partial charge in [0.2, 0.25) is 5.91 Å². The van der Waals surface area contributed by atoms with E-state index >= 15 is 0 Å². The second-order valence-electron chi connectivity index (χ2n) is 5.77. The van der Waals surface area contributed by atoms with E-state index in [4.69, 9.17) is 16.1 Å². The first-order valence-electron chi connectivity index (χ1n) is 7.67. The first kappa shape index (κ1) is 15.1. The fraction of sp³-hybridized carbons (Fsp3) is 0.412. The minimum atomic E-state index is -0.484. The van der Waals surface area contributed by atoms with Crippen molar-refractivity contribution >= 4 is 17.5 Å². The highest BCUT2D eigenvalue weighted by atomic mass is 35.5. The van der Waals surface area contributed by atoms with Gasteiger partial charge in [0.25, 0.3) is 0 Å². The number of halogens is 1. The zero-order valence-electron chi connectivity index (χ0n) is 12.6. The fourth-order valence-corrected chi connectivity index (χ4v) is 2.65. The SMILES string of the molecule is CCCCNC(=O)C1(c2cc(-c3ccc(Cl)cc3)on2)CC1. The molecule has 0 radical (unpaired) electrons. The molecule has 1 N–H and O–H groups in total. The van der Waals surface area contributed by atoms with Crippen LogP contribution in [0.3, 0.4) is 0 Å². The van der Waals surface area contributed by atoms with Crippen LogP contribution in [0.2, 0.25) is 5.02 Å². The first-order chi connectivity index (χ1) is 10.7. The van der Waals surface area contributed by atoms with E-state index < -0.39 is 5.41 Å². The van der Waals surface area contributed by atoms with Gasteiger partial charge in [0.1, 0.15) is 0 Å². The third-order valence-electron chi connectivity index (χ3n) is 4.13. The van der Waals surface area contributed by atoms with Gasteiger partial charge < -0.3 is 9.84 Å². The predicted molar refractivity (Wildman–Crippen MR) is 85.8 cm³/mol. The molecule has 4 nitrogen and oxygen atoms in total. The molecule has 3 rings (SSSR count). The Hall–Kier alpha value is -1.81. The van der Waals surface area contributed by atoms with E-state index in [1.807, 2.05) is 30.3 Å². The Bertz CT molecular complexity index is 660. The second kappa shape index (κ2) is 6.13. The molecule has 1 aliphatic carbocycles. The summed E-state index contributed by atoms with van der Waals surface area (Å²) in [4.78, 5) is 12.4. The molecule has 0 saturated heterocycles. The second-order valence-corrected chi connectivity index (χ2v) is 6.21. The summed E-state index contributed by atoms with van der Waals surface area (Å²) in [5.74, 6) is 0.733. The minimum Gasteiger partial charge on any atom is -0.356 e. The van der Waals surface area contributed by atoms with E-state index in [1.165, 1.54) is 0 Å². The molecule has 0 unspecified atom stereocenters. The molecule has 0 atom stereocenters. The summed E-state index contributed by atoms with van der Waals surface area (Å²) in [5.41, 5.74) is 1.15. The summed E-state index contributed by atoms with van der Waals surface area (Å²) in [5, 5.41) is 7.81. The Labute approximate surface area is 134 Å². The lowest BCUT2D eigenvalue weighted by Crippen LogP contribution is -2.35. The Morgan fingerprint density at radius 2 is 2.09 bits per heavy atom. The lowest BCUT2D eigenvalue weighted by atomic mass is 10.0. The van der Waals surface area contributed by atoms with Gasteiger partial charge in [-0.2, -0.15) is 0 Å². The zero-order valence-corrected chi connectivity index (χ0v) is 13.3. The Morgan fingerprint density at radius 1 is 1.36 bits per heavy atom. The average molecular weight is 319 g/mol. The van der Waals surface area contributed by atoms with Crippen LogP contribution in [-0.2, 0) is 10.2 Å². The van der Waals surface area contributed by atoms with Crippen LogP contribution in [0.5, 0.6) is 0 Å². The third-order valence-corrected chi connectivity index (χ3v) is 4.38. The van der Waals surface area contributed by atoms with Crippen molar-refractivity contribution in [2.45, 2.75) is 38.0 Å². The normalized spacial score (nSPS) is 15.5. The molecule has 1 amide bonds. The van der Waals surface area contributed by atoms with E-state index in [0.717, 1.165) is 43.5 Å². The van der Waals surface area contributed by atoms with E-state index in [1.54, 1.807) is 0 Å². The van der Waals surface area contributed by atoms with Crippen molar-refractivity contribution in [1.29, 1.82) is 0 Å². The number of unbranched alkanes of at least 4 members (excludes halogenated alkanes) is 1. The average Bonchev–Trinajstić information content (AvgIpc) is 3.19. The molecule has 116 valence electrons. The molecule has 1 aromatic heterocycles. The van der Waals surface area contributed by atoms with Crippen LogP contribution in [0, 0.1) is 0 Å². The van der Waals surface area contributed by atoms with Crippen molar-refractivity contribution in [3.63, 3.8) is 0 Å². The quantitative estimate of drug-likeness (QED) is 0.821. The predicted octanol–water partition coefficient (Wildman–Crippen LogP) is 3.94. The van der Waals surface area contributed by atoms with E-state index in [0.29, 0.717) is 10.8 Å². The molecular formula is C17H19ClN2O2. The Kier molecular flexibility index (Phi) is 4.21.